The van der Waals surface area contributed by atoms with Crippen LogP contribution in [0.2, 0.25) is 5.02 Å². The van der Waals surface area contributed by atoms with Crippen molar-refractivity contribution >= 4 is 50.3 Å². The number of halogens is 2. The Bertz CT molecular complexity index is 652. The Morgan fingerprint density at radius 3 is 2.50 bits per heavy atom. The van der Waals surface area contributed by atoms with Gasteiger partial charge in [0.2, 0.25) is 5.78 Å². The van der Waals surface area contributed by atoms with Crippen molar-refractivity contribution in [3.8, 4) is 11.5 Å². The molecule has 1 aromatic heterocycles. The molecule has 106 valence electrons. The van der Waals surface area contributed by atoms with Crippen LogP contribution < -0.4 is 15.2 Å². The van der Waals surface area contributed by atoms with Gasteiger partial charge in [0.25, 0.3) is 0 Å². The van der Waals surface area contributed by atoms with E-state index in [1.807, 2.05) is 0 Å². The van der Waals surface area contributed by atoms with Gasteiger partial charge in [-0.2, -0.15) is 0 Å². The van der Waals surface area contributed by atoms with E-state index >= 15 is 0 Å². The largest absolute Gasteiger partial charge is 0.497 e. The van der Waals surface area contributed by atoms with Crippen LogP contribution >= 0.6 is 38.9 Å². The van der Waals surface area contributed by atoms with E-state index in [1.165, 1.54) is 25.6 Å². The minimum atomic E-state index is -0.225. The van der Waals surface area contributed by atoms with Gasteiger partial charge in [-0.05, 0) is 28.1 Å². The highest BCUT2D eigenvalue weighted by Gasteiger charge is 2.20. The third-order valence-electron chi connectivity index (χ3n) is 2.68. The molecule has 4 nitrogen and oxygen atoms in total. The van der Waals surface area contributed by atoms with Crippen LogP contribution in [0, 0.1) is 0 Å². The predicted molar refractivity (Wildman–Crippen MR) is 84.4 cm³/mol. The van der Waals surface area contributed by atoms with E-state index in [4.69, 9.17) is 26.8 Å². The number of methoxy groups -OCH3 is 2. The molecule has 0 atom stereocenters. The molecule has 2 rings (SSSR count). The van der Waals surface area contributed by atoms with E-state index < -0.39 is 0 Å². The number of thiophene rings is 1. The van der Waals surface area contributed by atoms with E-state index in [9.17, 15) is 4.79 Å². The standard InChI is InChI=1S/C13H11BrClNO3S/c1-18-6-3-7(11(16)9(4-6)19-2)12(17)10-5-8(15)13(14)20-10/h3-5H,16H2,1-2H3. The summed E-state index contributed by atoms with van der Waals surface area (Å²) in [5.74, 6) is 0.674. The van der Waals surface area contributed by atoms with Crippen LogP contribution in [0.3, 0.4) is 0 Å². The molecule has 0 saturated carbocycles. The number of carbonyl (C=O) groups is 1. The Labute approximate surface area is 133 Å². The second kappa shape index (κ2) is 6.03. The molecule has 0 bridgehead atoms. The lowest BCUT2D eigenvalue weighted by Crippen LogP contribution is -2.06. The van der Waals surface area contributed by atoms with Crippen molar-refractivity contribution in [2.24, 2.45) is 0 Å². The maximum Gasteiger partial charge on any atom is 0.205 e. The summed E-state index contributed by atoms with van der Waals surface area (Å²) in [5.41, 5.74) is 6.56. The molecule has 0 aliphatic heterocycles. The van der Waals surface area contributed by atoms with Crippen LogP contribution in [-0.4, -0.2) is 20.0 Å². The van der Waals surface area contributed by atoms with Crippen LogP contribution in [0.4, 0.5) is 5.69 Å². The Balaban J connectivity index is 2.53. The lowest BCUT2D eigenvalue weighted by atomic mass is 10.1. The molecular weight excluding hydrogens is 366 g/mol. The Kier molecular flexibility index (Phi) is 4.57. The van der Waals surface area contributed by atoms with Gasteiger partial charge >= 0.3 is 0 Å². The normalized spacial score (nSPS) is 10.4. The first-order chi connectivity index (χ1) is 9.47. The summed E-state index contributed by atoms with van der Waals surface area (Å²) in [6.45, 7) is 0. The maximum absolute atomic E-state index is 12.5. The van der Waals surface area contributed by atoms with Gasteiger partial charge in [0.05, 0.1) is 39.2 Å². The second-order valence-corrected chi connectivity index (χ2v) is 6.63. The van der Waals surface area contributed by atoms with E-state index in [0.29, 0.717) is 30.7 Å². The number of hydrogen-bond acceptors (Lipinski definition) is 5. The fourth-order valence-corrected chi connectivity index (χ4v) is 3.32. The van der Waals surface area contributed by atoms with Crippen LogP contribution in [0.15, 0.2) is 22.0 Å². The van der Waals surface area contributed by atoms with Crippen molar-refractivity contribution < 1.29 is 14.3 Å². The number of ether oxygens (including phenoxy) is 2. The van der Waals surface area contributed by atoms with Gasteiger partial charge in [-0.1, -0.05) is 11.6 Å². The highest BCUT2D eigenvalue weighted by atomic mass is 79.9. The minimum absolute atomic E-state index is 0.225. The molecule has 20 heavy (non-hydrogen) atoms. The van der Waals surface area contributed by atoms with Crippen molar-refractivity contribution in [1.82, 2.24) is 0 Å². The molecule has 0 aliphatic carbocycles. The van der Waals surface area contributed by atoms with E-state index in [-0.39, 0.29) is 11.5 Å². The summed E-state index contributed by atoms with van der Waals surface area (Å²) < 4.78 is 11.0. The van der Waals surface area contributed by atoms with Gasteiger partial charge < -0.3 is 15.2 Å². The fourth-order valence-electron chi connectivity index (χ4n) is 1.67. The third kappa shape index (κ3) is 2.77. The third-order valence-corrected chi connectivity index (χ3v) is 5.16. The summed E-state index contributed by atoms with van der Waals surface area (Å²) in [5, 5.41) is 0.492. The molecule has 1 aromatic carbocycles. The summed E-state index contributed by atoms with van der Waals surface area (Å²) in [6, 6.07) is 4.81. The molecule has 0 fully saturated rings. The number of hydrogen-bond donors (Lipinski definition) is 1. The lowest BCUT2D eigenvalue weighted by Gasteiger charge is -2.11. The highest BCUT2D eigenvalue weighted by Crippen LogP contribution is 2.37. The second-order valence-electron chi connectivity index (χ2n) is 3.85. The van der Waals surface area contributed by atoms with Crippen molar-refractivity contribution in [2.45, 2.75) is 0 Å². The topological polar surface area (TPSA) is 61.6 Å². The molecule has 0 spiro atoms. The molecule has 7 heteroatoms. The molecule has 0 amide bonds. The van der Waals surface area contributed by atoms with Gasteiger partial charge in [-0.15, -0.1) is 11.3 Å². The zero-order valence-corrected chi connectivity index (χ0v) is 13.9. The number of carbonyl (C=O) groups excluding carboxylic acids is 1. The molecular formula is C13H11BrClNO3S. The number of ketones is 1. The van der Waals surface area contributed by atoms with Crippen molar-refractivity contribution in [3.05, 3.63) is 37.4 Å². The van der Waals surface area contributed by atoms with E-state index in [2.05, 4.69) is 15.9 Å². The Hall–Kier alpha value is -1.24. The fraction of sp³-hybridized carbons (Fsp3) is 0.154. The first-order valence-corrected chi connectivity index (χ1v) is 7.47. The average Bonchev–Trinajstić information content (AvgIpc) is 2.78. The van der Waals surface area contributed by atoms with Crippen molar-refractivity contribution in [3.63, 3.8) is 0 Å². The number of benzene rings is 1. The van der Waals surface area contributed by atoms with Gasteiger partial charge in [-0.3, -0.25) is 4.79 Å². The SMILES string of the molecule is COc1cc(OC)c(N)c(C(=O)c2cc(Cl)c(Br)s2)c1. The summed E-state index contributed by atoms with van der Waals surface area (Å²) in [4.78, 5) is 13.0. The monoisotopic (exact) mass is 375 g/mol. The van der Waals surface area contributed by atoms with Crippen LogP contribution in [0.25, 0.3) is 0 Å². The predicted octanol–water partition coefficient (Wildman–Crippen LogP) is 3.99. The molecule has 0 aliphatic rings. The minimum Gasteiger partial charge on any atom is -0.497 e. The molecule has 0 radical (unpaired) electrons. The van der Waals surface area contributed by atoms with E-state index in [0.717, 1.165) is 0 Å². The zero-order chi connectivity index (χ0) is 14.9. The number of nitrogens with two attached hydrogens (primary N) is 1. The maximum atomic E-state index is 12.5. The number of rotatable bonds is 4. The van der Waals surface area contributed by atoms with Crippen LogP contribution in [-0.2, 0) is 0 Å². The smallest absolute Gasteiger partial charge is 0.205 e. The van der Waals surface area contributed by atoms with Crippen LogP contribution in [0.5, 0.6) is 11.5 Å². The first kappa shape index (κ1) is 15.2. The zero-order valence-electron chi connectivity index (χ0n) is 10.7. The molecule has 0 unspecified atom stereocenters. The Morgan fingerprint density at radius 2 is 2.00 bits per heavy atom. The molecule has 0 saturated heterocycles. The first-order valence-electron chi connectivity index (χ1n) is 5.49. The molecule has 1 heterocycles. The summed E-state index contributed by atoms with van der Waals surface area (Å²) >= 11 is 10.5. The van der Waals surface area contributed by atoms with Crippen LogP contribution in [0.1, 0.15) is 15.2 Å². The van der Waals surface area contributed by atoms with E-state index in [1.54, 1.807) is 18.2 Å². The number of nitrogen functional groups attached to an aromatic ring is 1. The van der Waals surface area contributed by atoms with Gasteiger partial charge in [0, 0.05) is 6.07 Å². The van der Waals surface area contributed by atoms with Gasteiger partial charge in [0.15, 0.2) is 0 Å². The molecule has 2 N–H and O–H groups in total. The molecule has 2 aromatic rings. The highest BCUT2D eigenvalue weighted by molar-refractivity contribution is 9.11. The van der Waals surface area contributed by atoms with Gasteiger partial charge in [-0.25, -0.2) is 0 Å². The lowest BCUT2D eigenvalue weighted by molar-refractivity contribution is 0.104. The average molecular weight is 377 g/mol. The van der Waals surface area contributed by atoms with Crippen molar-refractivity contribution in [1.29, 1.82) is 0 Å². The summed E-state index contributed by atoms with van der Waals surface area (Å²) in [6.07, 6.45) is 0. The van der Waals surface area contributed by atoms with Gasteiger partial charge in [0.1, 0.15) is 11.5 Å². The summed E-state index contributed by atoms with van der Waals surface area (Å²) in [7, 11) is 3.00. The quantitative estimate of drug-likeness (QED) is 0.647. The Morgan fingerprint density at radius 1 is 1.30 bits per heavy atom. The van der Waals surface area contributed by atoms with Crippen molar-refractivity contribution in [2.75, 3.05) is 20.0 Å². The number of anilines is 1.